The lowest BCUT2D eigenvalue weighted by Crippen LogP contribution is -2.09. The van der Waals surface area contributed by atoms with Crippen LogP contribution in [0.4, 0.5) is 0 Å². The summed E-state index contributed by atoms with van der Waals surface area (Å²) in [6.45, 7) is 2.58. The molecule has 0 fully saturated rings. The molecule has 0 unspecified atom stereocenters. The Labute approximate surface area is 135 Å². The molecular weight excluding hydrogens is 292 g/mol. The highest BCUT2D eigenvalue weighted by Gasteiger charge is 2.00. The molecule has 22 heavy (non-hydrogen) atoms. The number of hydrogen-bond donors (Lipinski definition) is 1. The van der Waals surface area contributed by atoms with Crippen LogP contribution in [0.3, 0.4) is 0 Å². The average molecular weight is 308 g/mol. The number of ether oxygens (including phenoxy) is 1. The van der Waals surface area contributed by atoms with Gasteiger partial charge in [0.15, 0.2) is 0 Å². The first-order chi connectivity index (χ1) is 10.6. The molecule has 2 N–H and O–H groups in total. The second-order valence-electron chi connectivity index (χ2n) is 4.88. The summed E-state index contributed by atoms with van der Waals surface area (Å²) in [7, 11) is 0. The molecule has 2 aromatic carbocycles. The van der Waals surface area contributed by atoms with E-state index in [0.29, 0.717) is 12.2 Å². The lowest BCUT2D eigenvalue weighted by Gasteiger charge is -2.07. The van der Waals surface area contributed by atoms with Gasteiger partial charge < -0.3 is 10.5 Å². The molecular formula is C18H16N2OS. The molecule has 0 amide bonds. The molecule has 2 rings (SSSR count). The quantitative estimate of drug-likeness (QED) is 0.519. The Hall–Kier alpha value is -2.64. The van der Waals surface area contributed by atoms with Crippen molar-refractivity contribution in [1.29, 1.82) is 5.26 Å². The van der Waals surface area contributed by atoms with Crippen molar-refractivity contribution in [3.05, 3.63) is 70.8 Å². The normalized spacial score (nSPS) is 10.8. The van der Waals surface area contributed by atoms with Gasteiger partial charge in [0.25, 0.3) is 0 Å². The Morgan fingerprint density at radius 3 is 2.59 bits per heavy atom. The van der Waals surface area contributed by atoms with Crippen molar-refractivity contribution in [3.63, 3.8) is 0 Å². The minimum atomic E-state index is 0.0993. The molecule has 0 saturated heterocycles. The topological polar surface area (TPSA) is 59.0 Å². The van der Waals surface area contributed by atoms with Crippen molar-refractivity contribution in [1.82, 2.24) is 0 Å². The number of benzene rings is 2. The first-order valence-corrected chi connectivity index (χ1v) is 7.19. The van der Waals surface area contributed by atoms with Crippen LogP contribution in [0.25, 0.3) is 6.08 Å². The van der Waals surface area contributed by atoms with E-state index >= 15 is 0 Å². The molecule has 0 radical (unpaired) electrons. The lowest BCUT2D eigenvalue weighted by molar-refractivity contribution is 0.306. The fourth-order valence-corrected chi connectivity index (χ4v) is 2.06. The van der Waals surface area contributed by atoms with Crippen LogP contribution in [0, 0.1) is 18.3 Å². The van der Waals surface area contributed by atoms with Gasteiger partial charge in [-0.25, -0.2) is 0 Å². The van der Waals surface area contributed by atoms with Gasteiger partial charge in [-0.15, -0.1) is 0 Å². The monoisotopic (exact) mass is 308 g/mol. The third-order valence-electron chi connectivity index (χ3n) is 3.07. The first-order valence-electron chi connectivity index (χ1n) is 6.78. The Morgan fingerprint density at radius 1 is 1.27 bits per heavy atom. The van der Waals surface area contributed by atoms with E-state index in [2.05, 4.69) is 19.1 Å². The van der Waals surface area contributed by atoms with Crippen molar-refractivity contribution < 1.29 is 4.74 Å². The SMILES string of the molecule is Cc1cccc(COc2ccc(C=C(C#N)C(N)=S)cc2)c1. The maximum absolute atomic E-state index is 8.93. The van der Waals surface area contributed by atoms with E-state index in [1.165, 1.54) is 5.56 Å². The van der Waals surface area contributed by atoms with Crippen LogP contribution >= 0.6 is 12.2 Å². The molecule has 110 valence electrons. The van der Waals surface area contributed by atoms with Gasteiger partial charge in [0.2, 0.25) is 0 Å². The molecule has 0 aliphatic rings. The Balaban J connectivity index is 2.03. The maximum Gasteiger partial charge on any atom is 0.119 e. The third-order valence-corrected chi connectivity index (χ3v) is 3.28. The molecule has 0 aromatic heterocycles. The number of thiocarbonyl (C=S) groups is 1. The zero-order chi connectivity index (χ0) is 15.9. The summed E-state index contributed by atoms with van der Waals surface area (Å²) in [6.07, 6.45) is 1.66. The van der Waals surface area contributed by atoms with E-state index in [9.17, 15) is 0 Å². The summed E-state index contributed by atoms with van der Waals surface area (Å²) >= 11 is 4.81. The second-order valence-corrected chi connectivity index (χ2v) is 5.32. The van der Waals surface area contributed by atoms with Gasteiger partial charge in [0.05, 0.1) is 5.57 Å². The van der Waals surface area contributed by atoms with Crippen molar-refractivity contribution in [2.45, 2.75) is 13.5 Å². The molecule has 0 bridgehead atoms. The van der Waals surface area contributed by atoms with Gasteiger partial charge in [-0.05, 0) is 36.3 Å². The number of hydrogen-bond acceptors (Lipinski definition) is 3. The highest BCUT2D eigenvalue weighted by atomic mass is 32.1. The number of nitrogens with two attached hydrogens (primary N) is 1. The number of nitrogens with zero attached hydrogens (tertiary/aromatic N) is 1. The molecule has 0 atom stereocenters. The zero-order valence-corrected chi connectivity index (χ0v) is 13.1. The van der Waals surface area contributed by atoms with Crippen LogP contribution in [-0.2, 0) is 6.61 Å². The van der Waals surface area contributed by atoms with Gasteiger partial charge in [-0.3, -0.25) is 0 Å². The molecule has 0 heterocycles. The minimum Gasteiger partial charge on any atom is -0.489 e. The second kappa shape index (κ2) is 7.39. The Bertz CT molecular complexity index is 742. The predicted octanol–water partition coefficient (Wildman–Crippen LogP) is 3.77. The van der Waals surface area contributed by atoms with Gasteiger partial charge in [0, 0.05) is 0 Å². The third kappa shape index (κ3) is 4.44. The summed E-state index contributed by atoms with van der Waals surface area (Å²) < 4.78 is 5.74. The Kier molecular flexibility index (Phi) is 5.29. The molecule has 0 saturated carbocycles. The number of rotatable bonds is 5. The molecule has 0 aliphatic heterocycles. The van der Waals surface area contributed by atoms with Gasteiger partial charge in [-0.2, -0.15) is 5.26 Å². The van der Waals surface area contributed by atoms with Crippen molar-refractivity contribution >= 4 is 23.3 Å². The van der Waals surface area contributed by atoms with E-state index < -0.39 is 0 Å². The van der Waals surface area contributed by atoms with Crippen LogP contribution < -0.4 is 10.5 Å². The maximum atomic E-state index is 8.93. The van der Waals surface area contributed by atoms with E-state index in [0.717, 1.165) is 16.9 Å². The first kappa shape index (κ1) is 15.7. The summed E-state index contributed by atoms with van der Waals surface area (Å²) in [5, 5.41) is 8.93. The standard InChI is InChI=1S/C18H16N2OS/c1-13-3-2-4-15(9-13)12-21-17-7-5-14(6-8-17)10-16(11-19)18(20)22/h2-10H,12H2,1H3,(H2,20,22). The zero-order valence-electron chi connectivity index (χ0n) is 12.2. The van der Waals surface area contributed by atoms with Crippen LogP contribution in [0.5, 0.6) is 5.75 Å². The lowest BCUT2D eigenvalue weighted by atomic mass is 10.1. The van der Waals surface area contributed by atoms with Gasteiger partial charge in [0.1, 0.15) is 23.4 Å². The summed E-state index contributed by atoms with van der Waals surface area (Å²) in [6, 6.07) is 17.6. The van der Waals surface area contributed by atoms with E-state index in [-0.39, 0.29) is 4.99 Å². The highest BCUT2D eigenvalue weighted by molar-refractivity contribution is 7.80. The molecule has 0 aliphatic carbocycles. The molecule has 3 nitrogen and oxygen atoms in total. The molecule has 4 heteroatoms. The van der Waals surface area contributed by atoms with Crippen molar-refractivity contribution in [2.75, 3.05) is 0 Å². The highest BCUT2D eigenvalue weighted by Crippen LogP contribution is 2.16. The van der Waals surface area contributed by atoms with Crippen LogP contribution in [0.15, 0.2) is 54.1 Å². The molecule has 2 aromatic rings. The Morgan fingerprint density at radius 2 is 2.00 bits per heavy atom. The fraction of sp³-hybridized carbons (Fsp3) is 0.111. The van der Waals surface area contributed by atoms with Crippen molar-refractivity contribution in [2.24, 2.45) is 5.73 Å². The van der Waals surface area contributed by atoms with Gasteiger partial charge in [-0.1, -0.05) is 54.2 Å². The van der Waals surface area contributed by atoms with E-state index in [4.69, 9.17) is 28.0 Å². The number of aryl methyl sites for hydroxylation is 1. The summed E-state index contributed by atoms with van der Waals surface area (Å²) in [5.41, 5.74) is 8.95. The van der Waals surface area contributed by atoms with Crippen LogP contribution in [0.2, 0.25) is 0 Å². The van der Waals surface area contributed by atoms with Crippen molar-refractivity contribution in [3.8, 4) is 11.8 Å². The summed E-state index contributed by atoms with van der Waals surface area (Å²) in [4.78, 5) is 0.0993. The predicted molar refractivity (Wildman–Crippen MR) is 92.3 cm³/mol. The summed E-state index contributed by atoms with van der Waals surface area (Å²) in [5.74, 6) is 0.771. The largest absolute Gasteiger partial charge is 0.489 e. The fourth-order valence-electron chi connectivity index (χ4n) is 1.95. The van der Waals surface area contributed by atoms with Crippen LogP contribution in [0.1, 0.15) is 16.7 Å². The van der Waals surface area contributed by atoms with E-state index in [1.54, 1.807) is 6.08 Å². The smallest absolute Gasteiger partial charge is 0.119 e. The average Bonchev–Trinajstić information content (AvgIpc) is 2.51. The molecule has 0 spiro atoms. The van der Waals surface area contributed by atoms with Crippen LogP contribution in [-0.4, -0.2) is 4.99 Å². The van der Waals surface area contributed by atoms with Gasteiger partial charge >= 0.3 is 0 Å². The van der Waals surface area contributed by atoms with E-state index in [1.807, 2.05) is 42.5 Å². The number of nitriles is 1. The minimum absolute atomic E-state index is 0.0993.